The van der Waals surface area contributed by atoms with Crippen molar-refractivity contribution >= 4 is 35.0 Å². The maximum Gasteiger partial charge on any atom is 0.515 e. The lowest BCUT2D eigenvalue weighted by atomic mass is 10.9. The Morgan fingerprint density at radius 2 is 1.11 bits per heavy atom. The van der Waals surface area contributed by atoms with Crippen LogP contribution in [0.5, 0.6) is 0 Å². The Kier molecular flexibility index (Phi) is 20.9. The summed E-state index contributed by atoms with van der Waals surface area (Å²) >= 11 is 0. The highest BCUT2D eigenvalue weighted by molar-refractivity contribution is 6.75. The van der Waals surface area contributed by atoms with Crippen LogP contribution in [0.2, 0.25) is 45.8 Å². The Morgan fingerprint density at radius 3 is 1.26 bits per heavy atom. The number of hydrogen-bond acceptors (Lipinski definition) is 6. The molecule has 0 spiro atoms. The van der Waals surface area contributed by atoms with Gasteiger partial charge < -0.3 is 27.8 Å². The molecule has 0 unspecified atom stereocenters. The molecule has 0 aliphatic rings. The molecule has 0 aromatic rings. The third-order valence-electron chi connectivity index (χ3n) is 3.77. The smallest absolute Gasteiger partial charge is 0.373 e. The molecule has 168 valence electrons. The van der Waals surface area contributed by atoms with Gasteiger partial charge in [0.05, 0.1) is 15.8 Å². The molecule has 0 aromatic carbocycles. The summed E-state index contributed by atoms with van der Waals surface area (Å²) in [5.41, 5.74) is 0. The second-order valence-corrected chi connectivity index (χ2v) is 22.3. The van der Waals surface area contributed by atoms with E-state index >= 15 is 0 Å². The highest BCUT2D eigenvalue weighted by atomic mass is 28.4. The number of nitrogens with zero attached hydrogens (tertiary/aromatic N) is 1. The number of rotatable bonds is 11. The first-order valence-electron chi connectivity index (χ1n) is 10.3. The van der Waals surface area contributed by atoms with Gasteiger partial charge in [0.15, 0.2) is 0 Å². The lowest BCUT2D eigenvalue weighted by Crippen LogP contribution is -2.59. The van der Waals surface area contributed by atoms with Gasteiger partial charge in [0.2, 0.25) is 0 Å². The first-order valence-corrected chi connectivity index (χ1v) is 21.3. The summed E-state index contributed by atoms with van der Waals surface area (Å²) in [4.78, 5) is 6.31. The quantitative estimate of drug-likeness (QED) is 0.465. The molecule has 0 aromatic heterocycles. The molecule has 0 bridgehead atoms. The highest BCUT2D eigenvalue weighted by Crippen LogP contribution is 2.16. The summed E-state index contributed by atoms with van der Waals surface area (Å²) in [5.74, 6) is 0. The van der Waals surface area contributed by atoms with E-state index in [1.54, 1.807) is 0 Å². The molecular weight excluding hydrogens is 407 g/mol. The van der Waals surface area contributed by atoms with E-state index in [0.29, 0.717) is 19.8 Å². The van der Waals surface area contributed by atoms with Crippen molar-refractivity contribution in [2.24, 2.45) is 0 Å². The van der Waals surface area contributed by atoms with Crippen molar-refractivity contribution < 1.29 is 13.3 Å². The van der Waals surface area contributed by atoms with Gasteiger partial charge in [0.25, 0.3) is 0 Å². The van der Waals surface area contributed by atoms with E-state index in [9.17, 15) is 0 Å². The van der Waals surface area contributed by atoms with Crippen LogP contribution in [-0.4, -0.2) is 86.7 Å². The number of nitrogens with one attached hydrogen (secondary N) is 2. The molecule has 0 amide bonds. The van der Waals surface area contributed by atoms with Gasteiger partial charge in [-0.15, -0.1) is 0 Å². The summed E-state index contributed by atoms with van der Waals surface area (Å²) in [6.45, 7) is 23.9. The Balaban J connectivity index is -0.000000472. The van der Waals surface area contributed by atoms with Crippen molar-refractivity contribution in [2.75, 3.05) is 47.1 Å². The second-order valence-electron chi connectivity index (χ2n) is 8.22. The maximum absolute atomic E-state index is 5.85. The standard InChI is InChI=1S/C11H29NO3Si2.C4H13NSi.C2H9NSi/c1-8-13-17(14-9-2,15-10-3)11-12(4)16(5,6)7;1-5-6(2,3)4;1-3-4-2/h8-11H2,1-7H3;5H,1-4H3;3H,4H2,1-2H3. The molecule has 0 fully saturated rings. The molecule has 0 heterocycles. The summed E-state index contributed by atoms with van der Waals surface area (Å²) < 4.78 is 19.9. The molecule has 0 rings (SSSR count). The molecule has 6 nitrogen and oxygen atoms in total. The van der Waals surface area contributed by atoms with Crippen molar-refractivity contribution in [3.05, 3.63) is 0 Å². The van der Waals surface area contributed by atoms with Crippen LogP contribution >= 0.6 is 0 Å². The van der Waals surface area contributed by atoms with Crippen LogP contribution in [0.4, 0.5) is 0 Å². The van der Waals surface area contributed by atoms with Crippen LogP contribution in [0.1, 0.15) is 20.8 Å². The zero-order chi connectivity index (χ0) is 22.1. The first kappa shape index (κ1) is 32.3. The van der Waals surface area contributed by atoms with Gasteiger partial charge >= 0.3 is 8.80 Å². The molecule has 2 N–H and O–H groups in total. The van der Waals surface area contributed by atoms with Crippen molar-refractivity contribution in [3.8, 4) is 0 Å². The van der Waals surface area contributed by atoms with Crippen molar-refractivity contribution in [3.63, 3.8) is 0 Å². The Labute approximate surface area is 176 Å². The van der Waals surface area contributed by atoms with Gasteiger partial charge in [-0.05, 0) is 41.9 Å². The summed E-state index contributed by atoms with van der Waals surface area (Å²) in [7, 11) is 1.61. The molecule has 10 heteroatoms. The van der Waals surface area contributed by atoms with E-state index in [1.807, 2.05) is 34.9 Å². The van der Waals surface area contributed by atoms with Crippen molar-refractivity contribution in [2.45, 2.75) is 66.6 Å². The molecule has 0 saturated heterocycles. The summed E-state index contributed by atoms with van der Waals surface area (Å²) in [6.07, 6.45) is 0.790. The minimum absolute atomic E-state index is 0.174. The largest absolute Gasteiger partial charge is 0.515 e. The van der Waals surface area contributed by atoms with E-state index in [-0.39, 0.29) is 9.68 Å². The minimum atomic E-state index is -2.51. The Hall–Kier alpha value is 0.628. The second kappa shape index (κ2) is 17.5. The highest BCUT2D eigenvalue weighted by Gasteiger charge is 2.43. The zero-order valence-corrected chi connectivity index (χ0v) is 25.1. The molecule has 0 saturated carbocycles. The molecule has 27 heavy (non-hydrogen) atoms. The minimum Gasteiger partial charge on any atom is -0.373 e. The van der Waals surface area contributed by atoms with Crippen LogP contribution < -0.4 is 9.96 Å². The van der Waals surface area contributed by atoms with E-state index in [2.05, 4.69) is 67.4 Å². The van der Waals surface area contributed by atoms with Gasteiger partial charge in [0, 0.05) is 19.8 Å². The lowest BCUT2D eigenvalue weighted by molar-refractivity contribution is 0.0651. The monoisotopic (exact) mass is 457 g/mol. The zero-order valence-electron chi connectivity index (χ0n) is 20.7. The van der Waals surface area contributed by atoms with Crippen LogP contribution in [-0.2, 0) is 13.3 Å². The predicted molar refractivity (Wildman–Crippen MR) is 132 cm³/mol. The van der Waals surface area contributed by atoms with E-state index in [4.69, 9.17) is 13.3 Å². The first-order chi connectivity index (χ1) is 12.3. The van der Waals surface area contributed by atoms with Crippen molar-refractivity contribution in [1.29, 1.82) is 0 Å². The fraction of sp³-hybridized carbons (Fsp3) is 1.00. The summed E-state index contributed by atoms with van der Waals surface area (Å²) in [5, 5.41) is 0. The molecular formula is C17H51N3O3Si4. The fourth-order valence-electron chi connectivity index (χ4n) is 1.45. The Morgan fingerprint density at radius 1 is 0.815 bits per heavy atom. The third kappa shape index (κ3) is 21.2. The topological polar surface area (TPSA) is 55.0 Å². The van der Waals surface area contributed by atoms with Crippen molar-refractivity contribution in [1.82, 2.24) is 14.5 Å². The maximum atomic E-state index is 5.85. The molecule has 0 aliphatic heterocycles. The fourth-order valence-corrected chi connectivity index (χ4v) is 6.35. The van der Waals surface area contributed by atoms with E-state index < -0.39 is 25.3 Å². The van der Waals surface area contributed by atoms with E-state index in [0.717, 1.165) is 6.17 Å². The normalized spacial score (nSPS) is 12.7. The van der Waals surface area contributed by atoms with Gasteiger partial charge in [-0.1, -0.05) is 45.8 Å². The average molecular weight is 458 g/mol. The number of hydrogen-bond donors (Lipinski definition) is 2. The lowest BCUT2D eigenvalue weighted by Gasteiger charge is -2.37. The third-order valence-corrected chi connectivity index (χ3v) is 11.8. The van der Waals surface area contributed by atoms with Crippen LogP contribution in [0.15, 0.2) is 0 Å². The summed E-state index contributed by atoms with van der Waals surface area (Å²) in [6, 6.07) is 0. The van der Waals surface area contributed by atoms with Gasteiger partial charge in [-0.2, -0.15) is 0 Å². The SMILES string of the molecule is CCO[Si](CN(C)[Si](C)(C)C)(OCC)OCC.CN[SiH2]C.CN[Si](C)(C)C. The van der Waals surface area contributed by atoms with Gasteiger partial charge in [-0.25, -0.2) is 0 Å². The Bertz CT molecular complexity index is 309. The van der Waals surface area contributed by atoms with Gasteiger partial charge in [-0.3, -0.25) is 0 Å². The molecule has 0 atom stereocenters. The van der Waals surface area contributed by atoms with Crippen LogP contribution in [0, 0.1) is 0 Å². The average Bonchev–Trinajstić information content (AvgIpc) is 2.55. The predicted octanol–water partition coefficient (Wildman–Crippen LogP) is 2.72. The molecule has 0 aliphatic carbocycles. The van der Waals surface area contributed by atoms with Crippen LogP contribution in [0.3, 0.4) is 0 Å². The van der Waals surface area contributed by atoms with Crippen LogP contribution in [0.25, 0.3) is 0 Å². The van der Waals surface area contributed by atoms with Gasteiger partial charge in [0.1, 0.15) is 16.5 Å². The molecule has 0 radical (unpaired) electrons. The van der Waals surface area contributed by atoms with E-state index in [1.165, 1.54) is 0 Å².